The van der Waals surface area contributed by atoms with E-state index in [9.17, 15) is 0 Å². The third kappa shape index (κ3) is 4.13. The van der Waals surface area contributed by atoms with Crippen molar-refractivity contribution in [1.82, 2.24) is 5.32 Å². The number of hydrogen-bond donors (Lipinski definition) is 1. The minimum atomic E-state index is 0.661. The first kappa shape index (κ1) is 13.0. The van der Waals surface area contributed by atoms with Crippen LogP contribution >= 0.6 is 27.5 Å². The molecule has 0 spiro atoms. The maximum atomic E-state index is 6.18. The summed E-state index contributed by atoms with van der Waals surface area (Å²) in [5, 5.41) is 4.08. The highest BCUT2D eigenvalue weighted by atomic mass is 79.9. The zero-order chi connectivity index (χ0) is 11.3. The van der Waals surface area contributed by atoms with E-state index in [1.165, 1.54) is 12.0 Å². The van der Waals surface area contributed by atoms with E-state index in [1.807, 2.05) is 19.2 Å². The van der Waals surface area contributed by atoms with Crippen LogP contribution in [0.25, 0.3) is 0 Å². The Morgan fingerprint density at radius 2 is 2.20 bits per heavy atom. The van der Waals surface area contributed by atoms with Crippen molar-refractivity contribution in [1.29, 1.82) is 0 Å². The largest absolute Gasteiger partial charge is 0.319 e. The third-order valence-electron chi connectivity index (χ3n) is 2.59. The fraction of sp³-hybridized carbons (Fsp3) is 0.500. The predicted octanol–water partition coefficient (Wildman–Crippen LogP) is 3.89. The molecule has 1 aromatic carbocycles. The van der Waals surface area contributed by atoms with Crippen molar-refractivity contribution in [2.45, 2.75) is 19.8 Å². The Morgan fingerprint density at radius 3 is 2.73 bits per heavy atom. The quantitative estimate of drug-likeness (QED) is 0.867. The fourth-order valence-electron chi connectivity index (χ4n) is 1.65. The van der Waals surface area contributed by atoms with Crippen LogP contribution in [0.2, 0.25) is 5.02 Å². The summed E-state index contributed by atoms with van der Waals surface area (Å²) < 4.78 is 1.04. The van der Waals surface area contributed by atoms with Crippen molar-refractivity contribution in [2.24, 2.45) is 5.92 Å². The molecule has 0 aliphatic heterocycles. The first-order chi connectivity index (χ1) is 7.17. The van der Waals surface area contributed by atoms with Crippen molar-refractivity contribution in [3.05, 3.63) is 33.3 Å². The molecule has 1 atom stereocenters. The average molecular weight is 291 g/mol. The molecule has 1 aromatic rings. The summed E-state index contributed by atoms with van der Waals surface area (Å²) in [6.45, 7) is 3.26. The molecule has 0 radical (unpaired) electrons. The Bertz CT molecular complexity index is 314. The molecule has 0 saturated carbocycles. The van der Waals surface area contributed by atoms with E-state index >= 15 is 0 Å². The van der Waals surface area contributed by atoms with Crippen molar-refractivity contribution >= 4 is 27.5 Å². The lowest BCUT2D eigenvalue weighted by molar-refractivity contribution is 0.481. The summed E-state index contributed by atoms with van der Waals surface area (Å²) in [6.07, 6.45) is 2.22. The van der Waals surface area contributed by atoms with Gasteiger partial charge in [-0.3, -0.25) is 0 Å². The lowest BCUT2D eigenvalue weighted by Crippen LogP contribution is -2.20. The zero-order valence-corrected chi connectivity index (χ0v) is 11.5. The second-order valence-corrected chi connectivity index (χ2v) is 5.09. The summed E-state index contributed by atoms with van der Waals surface area (Å²) in [5.74, 6) is 0.661. The first-order valence-electron chi connectivity index (χ1n) is 5.25. The molecule has 0 bridgehead atoms. The van der Waals surface area contributed by atoms with Gasteiger partial charge in [0.15, 0.2) is 0 Å². The number of halogens is 2. The third-order valence-corrected chi connectivity index (χ3v) is 3.44. The molecule has 3 heteroatoms. The highest BCUT2D eigenvalue weighted by Gasteiger charge is 2.09. The summed E-state index contributed by atoms with van der Waals surface area (Å²) in [5.41, 5.74) is 1.24. The summed E-state index contributed by atoms with van der Waals surface area (Å²) in [6, 6.07) is 6.11. The first-order valence-corrected chi connectivity index (χ1v) is 6.43. The number of rotatable bonds is 5. The summed E-state index contributed by atoms with van der Waals surface area (Å²) in [4.78, 5) is 0. The van der Waals surface area contributed by atoms with E-state index in [0.717, 1.165) is 22.5 Å². The van der Waals surface area contributed by atoms with Crippen LogP contribution in [-0.4, -0.2) is 13.6 Å². The molecular weight excluding hydrogens is 273 g/mol. The maximum absolute atomic E-state index is 6.18. The SMILES string of the molecule is CCC(CNC)Cc1ccc(Br)cc1Cl. The predicted molar refractivity (Wildman–Crippen MR) is 70.6 cm³/mol. The molecule has 1 unspecified atom stereocenters. The van der Waals surface area contributed by atoms with Gasteiger partial charge in [-0.25, -0.2) is 0 Å². The van der Waals surface area contributed by atoms with Crippen LogP contribution in [0.3, 0.4) is 0 Å². The van der Waals surface area contributed by atoms with Crippen LogP contribution in [0.4, 0.5) is 0 Å². The van der Waals surface area contributed by atoms with Gasteiger partial charge in [0, 0.05) is 9.50 Å². The number of benzene rings is 1. The monoisotopic (exact) mass is 289 g/mol. The Labute approximate surface area is 105 Å². The molecule has 15 heavy (non-hydrogen) atoms. The summed E-state index contributed by atoms with van der Waals surface area (Å²) in [7, 11) is 1.99. The second kappa shape index (κ2) is 6.51. The molecule has 1 nitrogen and oxygen atoms in total. The lowest BCUT2D eigenvalue weighted by Gasteiger charge is -2.15. The van der Waals surface area contributed by atoms with Crippen molar-refractivity contribution < 1.29 is 0 Å². The molecule has 0 aromatic heterocycles. The maximum Gasteiger partial charge on any atom is 0.0449 e. The smallest absolute Gasteiger partial charge is 0.0449 e. The highest BCUT2D eigenvalue weighted by molar-refractivity contribution is 9.10. The topological polar surface area (TPSA) is 12.0 Å². The summed E-state index contributed by atoms with van der Waals surface area (Å²) >= 11 is 9.59. The van der Waals surface area contributed by atoms with Gasteiger partial charge in [-0.15, -0.1) is 0 Å². The molecule has 0 saturated heterocycles. The average Bonchev–Trinajstić information content (AvgIpc) is 2.21. The minimum Gasteiger partial charge on any atom is -0.319 e. The van der Waals surface area contributed by atoms with Crippen molar-refractivity contribution in [3.63, 3.8) is 0 Å². The fourth-order valence-corrected chi connectivity index (χ4v) is 2.40. The van der Waals surface area contributed by atoms with Gasteiger partial charge in [0.1, 0.15) is 0 Å². The van der Waals surface area contributed by atoms with E-state index in [4.69, 9.17) is 11.6 Å². The Hall–Kier alpha value is -0.0500. The molecule has 0 aliphatic carbocycles. The van der Waals surface area contributed by atoms with Gasteiger partial charge in [0.25, 0.3) is 0 Å². The molecule has 0 heterocycles. The standard InChI is InChI=1S/C12H17BrClN/c1-3-9(8-15-2)6-10-4-5-11(13)7-12(10)14/h4-5,7,9,15H,3,6,8H2,1-2H3. The molecule has 0 fully saturated rings. The van der Waals surface area contributed by atoms with Gasteiger partial charge < -0.3 is 5.32 Å². The normalized spacial score (nSPS) is 12.8. The lowest BCUT2D eigenvalue weighted by atomic mass is 9.97. The second-order valence-electron chi connectivity index (χ2n) is 3.77. The zero-order valence-electron chi connectivity index (χ0n) is 9.19. The Balaban J connectivity index is 2.70. The van der Waals surface area contributed by atoms with Gasteiger partial charge in [-0.1, -0.05) is 46.9 Å². The molecule has 0 amide bonds. The van der Waals surface area contributed by atoms with E-state index in [1.54, 1.807) is 0 Å². The van der Waals surface area contributed by atoms with Gasteiger partial charge in [-0.05, 0) is 43.6 Å². The van der Waals surface area contributed by atoms with Crippen LogP contribution in [-0.2, 0) is 6.42 Å². The van der Waals surface area contributed by atoms with Gasteiger partial charge in [0.2, 0.25) is 0 Å². The molecule has 84 valence electrons. The van der Waals surface area contributed by atoms with Crippen LogP contribution in [0, 0.1) is 5.92 Å². The van der Waals surface area contributed by atoms with Crippen LogP contribution in [0.5, 0.6) is 0 Å². The van der Waals surface area contributed by atoms with Gasteiger partial charge >= 0.3 is 0 Å². The highest BCUT2D eigenvalue weighted by Crippen LogP contribution is 2.24. The van der Waals surface area contributed by atoms with E-state index in [-0.39, 0.29) is 0 Å². The molecule has 1 N–H and O–H groups in total. The van der Waals surface area contributed by atoms with E-state index < -0.39 is 0 Å². The van der Waals surface area contributed by atoms with Gasteiger partial charge in [-0.2, -0.15) is 0 Å². The Kier molecular flexibility index (Phi) is 5.65. The number of nitrogens with one attached hydrogen (secondary N) is 1. The van der Waals surface area contributed by atoms with Crippen LogP contribution in [0.1, 0.15) is 18.9 Å². The van der Waals surface area contributed by atoms with Gasteiger partial charge in [0.05, 0.1) is 0 Å². The number of hydrogen-bond acceptors (Lipinski definition) is 1. The van der Waals surface area contributed by atoms with E-state index in [2.05, 4.69) is 34.2 Å². The molecule has 0 aliphatic rings. The van der Waals surface area contributed by atoms with Crippen LogP contribution in [0.15, 0.2) is 22.7 Å². The van der Waals surface area contributed by atoms with Crippen molar-refractivity contribution in [2.75, 3.05) is 13.6 Å². The van der Waals surface area contributed by atoms with Crippen molar-refractivity contribution in [3.8, 4) is 0 Å². The Morgan fingerprint density at radius 1 is 1.47 bits per heavy atom. The van der Waals surface area contributed by atoms with Crippen LogP contribution < -0.4 is 5.32 Å². The molecule has 1 rings (SSSR count). The minimum absolute atomic E-state index is 0.661. The molecular formula is C12H17BrClN. The van der Waals surface area contributed by atoms with E-state index in [0.29, 0.717) is 5.92 Å².